The Morgan fingerprint density at radius 1 is 1.22 bits per heavy atom. The summed E-state index contributed by atoms with van der Waals surface area (Å²) in [5, 5.41) is 0.713. The number of aromatic nitrogens is 2. The molecule has 3 heterocycles. The van der Waals surface area contributed by atoms with E-state index < -0.39 is 5.97 Å². The molecule has 1 aliphatic rings. The van der Waals surface area contributed by atoms with Crippen LogP contribution in [-0.4, -0.2) is 35.8 Å². The van der Waals surface area contributed by atoms with Gasteiger partial charge in [-0.1, -0.05) is 30.3 Å². The quantitative estimate of drug-likeness (QED) is 0.330. The molecule has 1 atom stereocenters. The van der Waals surface area contributed by atoms with Gasteiger partial charge in [-0.2, -0.15) is 0 Å². The second-order valence-corrected chi connectivity index (χ2v) is 8.87. The van der Waals surface area contributed by atoms with Crippen LogP contribution in [0.5, 0.6) is 0 Å². The van der Waals surface area contributed by atoms with E-state index in [2.05, 4.69) is 33.0 Å². The summed E-state index contributed by atoms with van der Waals surface area (Å²) in [5.41, 5.74) is 3.26. The number of hydrogen-bond acceptors (Lipinski definition) is 4. The number of nitrogens with zero attached hydrogens (tertiary/aromatic N) is 2. The zero-order valence-corrected chi connectivity index (χ0v) is 19.1. The lowest BCUT2D eigenvalue weighted by Crippen LogP contribution is -2.27. The van der Waals surface area contributed by atoms with Gasteiger partial charge in [-0.25, -0.2) is 9.18 Å². The monoisotopic (exact) mass is 496 g/mol. The van der Waals surface area contributed by atoms with Crippen molar-refractivity contribution in [2.75, 3.05) is 20.3 Å². The van der Waals surface area contributed by atoms with Gasteiger partial charge >= 0.3 is 5.97 Å². The number of halogens is 2. The Morgan fingerprint density at radius 2 is 1.97 bits per heavy atom. The van der Waals surface area contributed by atoms with E-state index in [1.807, 2.05) is 28.8 Å². The molecule has 0 bridgehead atoms. The molecule has 1 unspecified atom stereocenters. The van der Waals surface area contributed by atoms with E-state index in [0.29, 0.717) is 45.2 Å². The number of fused-ring (bicyclic) bond motifs is 3. The van der Waals surface area contributed by atoms with Gasteiger partial charge in [0, 0.05) is 24.8 Å². The van der Waals surface area contributed by atoms with Crippen molar-refractivity contribution < 1.29 is 18.7 Å². The smallest absolute Gasteiger partial charge is 0.339 e. The normalized spacial score (nSPS) is 15.8. The molecule has 0 amide bonds. The molecule has 4 aromatic rings. The summed E-state index contributed by atoms with van der Waals surface area (Å²) in [7, 11) is 1.34. The average molecular weight is 497 g/mol. The summed E-state index contributed by atoms with van der Waals surface area (Å²) in [6.45, 7) is 1.34. The molecule has 5 rings (SSSR count). The molecule has 1 saturated heterocycles. The second-order valence-electron chi connectivity index (χ2n) is 8.02. The molecule has 0 saturated carbocycles. The topological polar surface area (TPSA) is 53.3 Å². The van der Waals surface area contributed by atoms with Crippen LogP contribution in [-0.2, 0) is 9.47 Å². The molecule has 5 nitrogen and oxygen atoms in total. The third-order valence-electron chi connectivity index (χ3n) is 6.25. The van der Waals surface area contributed by atoms with Crippen LogP contribution in [0.2, 0.25) is 0 Å². The van der Waals surface area contributed by atoms with Crippen molar-refractivity contribution in [3.8, 4) is 0 Å². The summed E-state index contributed by atoms with van der Waals surface area (Å²) < 4.78 is 28.6. The minimum Gasteiger partial charge on any atom is -0.465 e. The van der Waals surface area contributed by atoms with Crippen molar-refractivity contribution in [3.05, 3.63) is 76.1 Å². The number of rotatable bonds is 4. The Balaban J connectivity index is 1.87. The maximum atomic E-state index is 15.7. The molecule has 0 radical (unpaired) electrons. The van der Waals surface area contributed by atoms with E-state index in [-0.39, 0.29) is 17.8 Å². The Labute approximate surface area is 193 Å². The van der Waals surface area contributed by atoms with Crippen LogP contribution < -0.4 is 0 Å². The third-order valence-corrected chi connectivity index (χ3v) is 6.86. The molecule has 0 aliphatic carbocycles. The van der Waals surface area contributed by atoms with Gasteiger partial charge in [-0.3, -0.25) is 4.98 Å². The Morgan fingerprint density at radius 3 is 2.69 bits per heavy atom. The van der Waals surface area contributed by atoms with Crippen LogP contribution in [0.15, 0.2) is 59.2 Å². The van der Waals surface area contributed by atoms with Crippen molar-refractivity contribution in [2.45, 2.75) is 18.9 Å². The lowest BCUT2D eigenvalue weighted by atomic mass is 9.86. The molecule has 7 heteroatoms. The molecular formula is C25H22BrFN2O3. The number of ether oxygens (including phenoxy) is 2. The number of methoxy groups -OCH3 is 1. The molecule has 164 valence electrons. The predicted octanol–water partition coefficient (Wildman–Crippen LogP) is 5.89. The highest BCUT2D eigenvalue weighted by Crippen LogP contribution is 2.42. The fraction of sp³-hybridized carbons (Fsp3) is 0.280. The number of esters is 1. The van der Waals surface area contributed by atoms with Gasteiger partial charge in [0.25, 0.3) is 0 Å². The zero-order valence-electron chi connectivity index (χ0n) is 17.6. The van der Waals surface area contributed by atoms with Crippen LogP contribution in [0.3, 0.4) is 0 Å². The van der Waals surface area contributed by atoms with Crippen LogP contribution in [0.4, 0.5) is 4.39 Å². The number of hydrogen-bond donors (Lipinski definition) is 0. The summed E-state index contributed by atoms with van der Waals surface area (Å²) >= 11 is 3.36. The minimum atomic E-state index is -0.472. The van der Waals surface area contributed by atoms with Gasteiger partial charge in [-0.05, 0) is 58.5 Å². The molecule has 1 fully saturated rings. The molecule has 0 N–H and O–H groups in total. The van der Waals surface area contributed by atoms with Crippen LogP contribution in [0, 0.1) is 11.7 Å². The van der Waals surface area contributed by atoms with Gasteiger partial charge in [0.05, 0.1) is 39.7 Å². The summed E-state index contributed by atoms with van der Waals surface area (Å²) in [4.78, 5) is 16.8. The maximum absolute atomic E-state index is 15.7. The van der Waals surface area contributed by atoms with Gasteiger partial charge in [0.2, 0.25) is 0 Å². The number of benzene rings is 2. The molecule has 32 heavy (non-hydrogen) atoms. The van der Waals surface area contributed by atoms with Crippen molar-refractivity contribution in [2.24, 2.45) is 5.92 Å². The fourth-order valence-electron chi connectivity index (χ4n) is 4.76. The molecule has 0 spiro atoms. The first-order valence-electron chi connectivity index (χ1n) is 10.6. The van der Waals surface area contributed by atoms with E-state index in [9.17, 15) is 4.79 Å². The fourth-order valence-corrected chi connectivity index (χ4v) is 5.08. The van der Waals surface area contributed by atoms with Gasteiger partial charge < -0.3 is 14.0 Å². The first-order valence-corrected chi connectivity index (χ1v) is 11.4. The van der Waals surface area contributed by atoms with E-state index >= 15 is 4.39 Å². The molecule has 2 aromatic carbocycles. The number of pyridine rings is 1. The van der Waals surface area contributed by atoms with Crippen molar-refractivity contribution in [1.82, 2.24) is 9.55 Å². The number of carbonyl (C=O) groups is 1. The highest BCUT2D eigenvalue weighted by Gasteiger charge is 2.31. The Hall–Kier alpha value is -2.77. The Kier molecular flexibility index (Phi) is 5.69. The lowest BCUT2D eigenvalue weighted by Gasteiger charge is -2.33. The highest BCUT2D eigenvalue weighted by atomic mass is 79.9. The van der Waals surface area contributed by atoms with E-state index in [0.717, 1.165) is 18.4 Å². The van der Waals surface area contributed by atoms with Crippen LogP contribution in [0.25, 0.3) is 21.9 Å². The molecular weight excluding hydrogens is 475 g/mol. The summed E-state index contributed by atoms with van der Waals surface area (Å²) in [6.07, 6.45) is 3.21. The molecule has 1 aliphatic heterocycles. The lowest BCUT2D eigenvalue weighted by molar-refractivity contribution is 0.0552. The van der Waals surface area contributed by atoms with Crippen molar-refractivity contribution >= 4 is 43.8 Å². The average Bonchev–Trinajstić information content (AvgIpc) is 3.16. The second kappa shape index (κ2) is 8.64. The first-order chi connectivity index (χ1) is 15.6. The van der Waals surface area contributed by atoms with Crippen molar-refractivity contribution in [1.29, 1.82) is 0 Å². The minimum absolute atomic E-state index is 0.140. The SMILES string of the molecule is COC(=O)c1cnc2c3ccc(Br)c(F)c3n(C(c3ccccc3)C3CCOCC3)c2c1. The Bertz CT molecular complexity index is 1300. The summed E-state index contributed by atoms with van der Waals surface area (Å²) in [5.74, 6) is -0.571. The van der Waals surface area contributed by atoms with E-state index in [1.165, 1.54) is 13.3 Å². The van der Waals surface area contributed by atoms with Gasteiger partial charge in [0.15, 0.2) is 5.82 Å². The largest absolute Gasteiger partial charge is 0.465 e. The molecule has 2 aromatic heterocycles. The van der Waals surface area contributed by atoms with Crippen molar-refractivity contribution in [3.63, 3.8) is 0 Å². The predicted molar refractivity (Wildman–Crippen MR) is 124 cm³/mol. The number of carbonyl (C=O) groups excluding carboxylic acids is 1. The standard InChI is InChI=1S/C25H22BrFN2O3/c1-31-25(30)17-13-20-22(28-14-17)18-7-8-19(26)21(27)24(18)29(20)23(15-5-3-2-4-6-15)16-9-11-32-12-10-16/h2-8,13-14,16,23H,9-12H2,1H3. The first kappa shape index (κ1) is 21.1. The third kappa shape index (κ3) is 3.49. The van der Waals surface area contributed by atoms with Crippen LogP contribution in [0.1, 0.15) is 34.8 Å². The van der Waals surface area contributed by atoms with E-state index in [1.54, 1.807) is 12.1 Å². The highest BCUT2D eigenvalue weighted by molar-refractivity contribution is 9.10. The summed E-state index contributed by atoms with van der Waals surface area (Å²) in [6, 6.07) is 15.3. The van der Waals surface area contributed by atoms with Gasteiger partial charge in [0.1, 0.15) is 0 Å². The zero-order chi connectivity index (χ0) is 22.2. The van der Waals surface area contributed by atoms with Gasteiger partial charge in [-0.15, -0.1) is 0 Å². The van der Waals surface area contributed by atoms with E-state index in [4.69, 9.17) is 9.47 Å². The van der Waals surface area contributed by atoms with Crippen LogP contribution >= 0.6 is 15.9 Å². The maximum Gasteiger partial charge on any atom is 0.339 e.